The van der Waals surface area contributed by atoms with Gasteiger partial charge < -0.3 is 2.85 Å². The van der Waals surface area contributed by atoms with E-state index in [2.05, 4.69) is 85.0 Å². The van der Waals surface area contributed by atoms with E-state index in [1.54, 1.807) is 18.9 Å². The summed E-state index contributed by atoms with van der Waals surface area (Å²) in [4.78, 5) is 0. The van der Waals surface area contributed by atoms with E-state index in [9.17, 15) is 0 Å². The van der Waals surface area contributed by atoms with Crippen molar-refractivity contribution in [1.29, 1.82) is 0 Å². The van der Waals surface area contributed by atoms with Crippen LogP contribution >= 0.6 is 0 Å². The van der Waals surface area contributed by atoms with Crippen molar-refractivity contribution in [2.75, 3.05) is 0 Å². The van der Waals surface area contributed by atoms with Gasteiger partial charge in [0.1, 0.15) is 0 Å². The Morgan fingerprint density at radius 2 is 1.08 bits per heavy atom. The molecule has 0 saturated carbocycles. The first-order valence-corrected chi connectivity index (χ1v) is 10.6. The molecule has 0 spiro atoms. The van der Waals surface area contributed by atoms with E-state index < -0.39 is 0 Å². The van der Waals surface area contributed by atoms with Gasteiger partial charge in [-0.25, -0.2) is 0 Å². The summed E-state index contributed by atoms with van der Waals surface area (Å²) in [6, 6.07) is 21.8. The Morgan fingerprint density at radius 1 is 0.640 bits per heavy atom. The Kier molecular flexibility index (Phi) is 5.30. The zero-order chi connectivity index (χ0) is 16.9. The molecule has 2 aliphatic rings. The average Bonchev–Trinajstić information content (AvgIpc) is 3.27. The van der Waals surface area contributed by atoms with Gasteiger partial charge in [0.05, 0.1) is 0 Å². The van der Waals surface area contributed by atoms with Gasteiger partial charge in [-0.2, -0.15) is 0 Å². The second-order valence-electron chi connectivity index (χ2n) is 6.67. The quantitative estimate of drug-likeness (QED) is 0.538. The van der Waals surface area contributed by atoms with Crippen molar-refractivity contribution < 1.29 is 22.0 Å². The maximum absolute atomic E-state index is 2.37. The van der Waals surface area contributed by atoms with E-state index >= 15 is 0 Å². The molecule has 0 radical (unpaired) electrons. The summed E-state index contributed by atoms with van der Waals surface area (Å²) in [5, 5.41) is 0. The summed E-state index contributed by atoms with van der Waals surface area (Å²) in [5.41, 5.74) is 6.00. The SMILES string of the molecule is C1=CC(Cc2ccccc2)=[C]([Ti+2][C]2=C(Cc3ccccc3)C=CC2)C1.[H-].[H-]. The number of allylic oxidation sites excluding steroid dienone is 8. The summed E-state index contributed by atoms with van der Waals surface area (Å²) < 4.78 is 3.46. The number of hydrogen-bond donors (Lipinski definition) is 0. The van der Waals surface area contributed by atoms with Crippen LogP contribution in [0.15, 0.2) is 104 Å². The molecule has 0 heterocycles. The van der Waals surface area contributed by atoms with Crippen LogP contribution in [-0.2, 0) is 32.0 Å². The van der Waals surface area contributed by atoms with Gasteiger partial charge in [-0.15, -0.1) is 0 Å². The van der Waals surface area contributed by atoms with Gasteiger partial charge in [0.25, 0.3) is 0 Å². The third kappa shape index (κ3) is 4.21. The standard InChI is InChI=1S/2C12H11.Ti.2H/c2*1-2-6-11(7-3-1)10-12-8-4-5-9-12;;;/h2*1-4,6-8H,5,10H2;;;/q;;+2;2*-1. The largest absolute Gasteiger partial charge is 1.00 e. The fraction of sp³-hybridized carbons (Fsp3) is 0.167. The zero-order valence-corrected chi connectivity index (χ0v) is 16.0. The van der Waals surface area contributed by atoms with Crippen LogP contribution in [0.1, 0.15) is 26.8 Å². The smallest absolute Gasteiger partial charge is 1.00 e. The van der Waals surface area contributed by atoms with Crippen LogP contribution in [0, 0.1) is 0 Å². The summed E-state index contributed by atoms with van der Waals surface area (Å²) in [6.45, 7) is 0. The monoisotopic (exact) mass is 360 g/mol. The zero-order valence-electron chi connectivity index (χ0n) is 16.4. The van der Waals surface area contributed by atoms with Gasteiger partial charge in [0.15, 0.2) is 0 Å². The van der Waals surface area contributed by atoms with Crippen molar-refractivity contribution in [2.45, 2.75) is 25.7 Å². The van der Waals surface area contributed by atoms with Crippen LogP contribution in [0.2, 0.25) is 0 Å². The van der Waals surface area contributed by atoms with Crippen molar-refractivity contribution >= 4 is 0 Å². The molecule has 0 atom stereocenters. The molecule has 0 fully saturated rings. The molecule has 2 aromatic carbocycles. The van der Waals surface area contributed by atoms with Crippen molar-refractivity contribution in [3.63, 3.8) is 0 Å². The molecule has 4 rings (SSSR count). The molecular weight excluding hydrogens is 336 g/mol. The maximum Gasteiger partial charge on any atom is -1.00 e. The van der Waals surface area contributed by atoms with Gasteiger partial charge in [-0.05, 0) is 0 Å². The predicted molar refractivity (Wildman–Crippen MR) is 104 cm³/mol. The van der Waals surface area contributed by atoms with Gasteiger partial charge in [-0.1, -0.05) is 0 Å². The van der Waals surface area contributed by atoms with Gasteiger partial charge in [0.2, 0.25) is 0 Å². The van der Waals surface area contributed by atoms with E-state index in [1.807, 2.05) is 0 Å². The van der Waals surface area contributed by atoms with Crippen molar-refractivity contribution in [3.05, 3.63) is 115 Å². The van der Waals surface area contributed by atoms with Crippen LogP contribution in [0.3, 0.4) is 0 Å². The topological polar surface area (TPSA) is 0 Å². The molecular formula is C24H24Ti. The van der Waals surface area contributed by atoms with E-state index in [4.69, 9.17) is 0 Å². The number of hydrogen-bond acceptors (Lipinski definition) is 0. The Morgan fingerprint density at radius 3 is 1.52 bits per heavy atom. The van der Waals surface area contributed by atoms with E-state index in [-0.39, 0.29) is 22.0 Å². The van der Waals surface area contributed by atoms with E-state index in [0.717, 1.165) is 12.8 Å². The second-order valence-corrected chi connectivity index (χ2v) is 8.95. The third-order valence-electron chi connectivity index (χ3n) is 4.83. The van der Waals surface area contributed by atoms with Crippen LogP contribution in [0.5, 0.6) is 0 Å². The first-order valence-electron chi connectivity index (χ1n) is 9.00. The van der Waals surface area contributed by atoms with Crippen molar-refractivity contribution in [3.8, 4) is 0 Å². The molecule has 0 unspecified atom stereocenters. The molecule has 0 aromatic heterocycles. The Balaban J connectivity index is 0.00000131. The van der Waals surface area contributed by atoms with Crippen molar-refractivity contribution in [1.82, 2.24) is 0 Å². The summed E-state index contributed by atoms with van der Waals surface area (Å²) in [6.07, 6.45) is 14.0. The maximum atomic E-state index is 2.37. The summed E-state index contributed by atoms with van der Waals surface area (Å²) in [7, 11) is 0. The van der Waals surface area contributed by atoms with Crippen LogP contribution in [0.25, 0.3) is 0 Å². The second kappa shape index (κ2) is 8.00. The van der Waals surface area contributed by atoms with Crippen LogP contribution < -0.4 is 0 Å². The molecule has 1 heteroatoms. The molecule has 0 saturated heterocycles. The third-order valence-corrected chi connectivity index (χ3v) is 7.42. The summed E-state index contributed by atoms with van der Waals surface area (Å²) in [5.74, 6) is 0. The normalized spacial score (nSPS) is 16.0. The minimum atomic E-state index is -0.182. The Bertz CT molecular complexity index is 788. The first-order chi connectivity index (χ1) is 12.4. The molecule has 124 valence electrons. The van der Waals surface area contributed by atoms with Gasteiger partial charge in [0, 0.05) is 0 Å². The summed E-state index contributed by atoms with van der Waals surface area (Å²) >= 11 is -0.182. The Hall–Kier alpha value is -1.89. The molecule has 0 N–H and O–H groups in total. The average molecular weight is 360 g/mol. The molecule has 2 aromatic rings. The fourth-order valence-corrected chi connectivity index (χ4v) is 5.80. The minimum absolute atomic E-state index is 0. The fourth-order valence-electron chi connectivity index (χ4n) is 3.51. The first kappa shape index (κ1) is 16.6. The van der Waals surface area contributed by atoms with Gasteiger partial charge >= 0.3 is 160 Å². The predicted octanol–water partition coefficient (Wildman–Crippen LogP) is 6.21. The minimum Gasteiger partial charge on any atom is -1.00 e. The molecule has 0 nitrogen and oxygen atoms in total. The molecule has 25 heavy (non-hydrogen) atoms. The number of benzene rings is 2. The molecule has 0 amide bonds. The van der Waals surface area contributed by atoms with Gasteiger partial charge in [-0.3, -0.25) is 0 Å². The molecule has 0 bridgehead atoms. The molecule has 2 aliphatic carbocycles. The van der Waals surface area contributed by atoms with Crippen molar-refractivity contribution in [2.24, 2.45) is 0 Å². The Labute approximate surface area is 162 Å². The van der Waals surface area contributed by atoms with E-state index in [0.29, 0.717) is 0 Å². The molecule has 0 aliphatic heterocycles. The number of rotatable bonds is 6. The van der Waals surface area contributed by atoms with Crippen LogP contribution in [-0.4, -0.2) is 0 Å². The van der Waals surface area contributed by atoms with Crippen LogP contribution in [0.4, 0.5) is 0 Å². The van der Waals surface area contributed by atoms with E-state index in [1.165, 1.54) is 24.0 Å².